The molecular formula is C30H33Cl2Hf. The van der Waals surface area contributed by atoms with E-state index in [9.17, 15) is 0 Å². The van der Waals surface area contributed by atoms with Gasteiger partial charge in [0.2, 0.25) is 0 Å². The Hall–Kier alpha value is -0.630. The van der Waals surface area contributed by atoms with Crippen LogP contribution in [0, 0.1) is 23.7 Å². The van der Waals surface area contributed by atoms with Crippen LogP contribution in [0.25, 0.3) is 11.1 Å². The zero-order valence-corrected chi connectivity index (χ0v) is 25.0. The van der Waals surface area contributed by atoms with Gasteiger partial charge in [-0.15, -0.1) is 0 Å². The van der Waals surface area contributed by atoms with Crippen molar-refractivity contribution in [1.82, 2.24) is 0 Å². The first kappa shape index (κ1) is 22.8. The quantitative estimate of drug-likeness (QED) is 0.292. The van der Waals surface area contributed by atoms with Crippen LogP contribution >= 0.6 is 17.2 Å². The Morgan fingerprint density at radius 2 is 1.48 bits per heavy atom. The van der Waals surface area contributed by atoms with Crippen LogP contribution in [0.2, 0.25) is 3.67 Å². The first-order chi connectivity index (χ1) is 16.0. The van der Waals surface area contributed by atoms with E-state index in [1.165, 1.54) is 36.8 Å². The molecule has 4 aliphatic carbocycles. The Bertz CT molecular complexity index is 1110. The number of benzene rings is 2. The summed E-state index contributed by atoms with van der Waals surface area (Å²) < 4.78 is 0.454. The van der Waals surface area contributed by atoms with Gasteiger partial charge in [0, 0.05) is 0 Å². The SMILES string of the molecule is CCC1=C2CCC3C(C4c5ccccc5-c5ccccc54)CCC(=C2C3C(C)C)[CH]1[Hf]([Cl])[Cl]. The summed E-state index contributed by atoms with van der Waals surface area (Å²) in [5, 5.41) is 0. The van der Waals surface area contributed by atoms with Crippen molar-refractivity contribution in [2.45, 2.75) is 62.5 Å². The number of hydrogen-bond donors (Lipinski definition) is 0. The molecule has 3 heteroatoms. The predicted octanol–water partition coefficient (Wildman–Crippen LogP) is 9.62. The van der Waals surface area contributed by atoms with Crippen molar-refractivity contribution in [2.75, 3.05) is 0 Å². The second-order valence-electron chi connectivity index (χ2n) is 10.8. The Balaban J connectivity index is 1.50. The first-order valence-electron chi connectivity index (χ1n) is 12.8. The van der Waals surface area contributed by atoms with Crippen LogP contribution in [0.3, 0.4) is 0 Å². The topological polar surface area (TPSA) is 0 Å². The third-order valence-electron chi connectivity index (χ3n) is 9.20. The van der Waals surface area contributed by atoms with Crippen molar-refractivity contribution in [1.29, 1.82) is 0 Å². The minimum atomic E-state index is -2.63. The van der Waals surface area contributed by atoms with Crippen LogP contribution in [0.15, 0.2) is 70.8 Å². The third-order valence-corrected chi connectivity index (χ3v) is 16.8. The van der Waals surface area contributed by atoms with Crippen LogP contribution < -0.4 is 0 Å². The first-order valence-corrected chi connectivity index (χ1v) is 23.8. The maximum absolute atomic E-state index is 6.90. The molecule has 33 heavy (non-hydrogen) atoms. The van der Waals surface area contributed by atoms with E-state index in [2.05, 4.69) is 69.3 Å². The molecule has 0 saturated heterocycles. The minimum absolute atomic E-state index is 0.454. The molecule has 2 bridgehead atoms. The van der Waals surface area contributed by atoms with E-state index in [1.807, 2.05) is 0 Å². The summed E-state index contributed by atoms with van der Waals surface area (Å²) in [5.41, 5.74) is 12.8. The Morgan fingerprint density at radius 1 is 0.879 bits per heavy atom. The van der Waals surface area contributed by atoms with Crippen molar-refractivity contribution in [3.05, 3.63) is 82.0 Å². The molecular weight excluding hydrogens is 610 g/mol. The molecule has 1 saturated carbocycles. The molecule has 0 spiro atoms. The molecule has 0 amide bonds. The monoisotopic (exact) mass is 643 g/mol. The zero-order valence-electron chi connectivity index (χ0n) is 19.9. The molecule has 171 valence electrons. The van der Waals surface area contributed by atoms with Crippen molar-refractivity contribution >= 4 is 17.2 Å². The van der Waals surface area contributed by atoms with Gasteiger partial charge < -0.3 is 0 Å². The fraction of sp³-hybridized carbons (Fsp3) is 0.467. The van der Waals surface area contributed by atoms with E-state index in [4.69, 9.17) is 17.2 Å². The van der Waals surface area contributed by atoms with E-state index in [-0.39, 0.29) is 0 Å². The number of halogens is 2. The Labute approximate surface area is 214 Å². The third kappa shape index (κ3) is 3.39. The van der Waals surface area contributed by atoms with E-state index in [1.54, 1.807) is 33.4 Å². The van der Waals surface area contributed by atoms with Gasteiger partial charge in [-0.1, -0.05) is 0 Å². The standard InChI is InChI=1S/C30H33.2ClH.Hf/c1-4-19-17-20-13-14-27(26-16-15-21(19)29(20)28(26)18(2)3)30-24-11-7-5-9-22(24)23-10-6-8-12-25(23)30;;;/h5-12,17-18,26-28,30H,4,13-16H2,1-3H3;2*1H;/q;;;+2/p-2. The molecule has 4 aliphatic rings. The van der Waals surface area contributed by atoms with Gasteiger partial charge in [0.25, 0.3) is 0 Å². The molecule has 0 heterocycles. The van der Waals surface area contributed by atoms with Crippen LogP contribution in [-0.2, 0) is 19.1 Å². The second kappa shape index (κ2) is 8.79. The van der Waals surface area contributed by atoms with Crippen LogP contribution in [0.4, 0.5) is 0 Å². The van der Waals surface area contributed by atoms with Gasteiger partial charge in [0.15, 0.2) is 0 Å². The molecule has 1 fully saturated rings. The second-order valence-corrected chi connectivity index (χ2v) is 23.3. The van der Waals surface area contributed by atoms with Crippen LogP contribution in [0.1, 0.15) is 69.9 Å². The van der Waals surface area contributed by atoms with Gasteiger partial charge in [0.1, 0.15) is 0 Å². The summed E-state index contributed by atoms with van der Waals surface area (Å²) >= 11 is -2.63. The van der Waals surface area contributed by atoms with Crippen LogP contribution in [-0.4, -0.2) is 0 Å². The Morgan fingerprint density at radius 3 is 2.06 bits per heavy atom. The van der Waals surface area contributed by atoms with Crippen LogP contribution in [0.5, 0.6) is 0 Å². The summed E-state index contributed by atoms with van der Waals surface area (Å²) in [6, 6.07) is 18.4. The zero-order chi connectivity index (χ0) is 22.9. The number of fused-ring (bicyclic) bond motifs is 4. The molecule has 0 N–H and O–H groups in total. The molecule has 0 aromatic heterocycles. The average Bonchev–Trinajstić information content (AvgIpc) is 3.29. The average molecular weight is 643 g/mol. The summed E-state index contributed by atoms with van der Waals surface area (Å²) in [5.74, 6) is 3.24. The normalized spacial score (nSPS) is 28.3. The summed E-state index contributed by atoms with van der Waals surface area (Å²) in [7, 11) is 13.8. The maximum atomic E-state index is 6.90. The predicted molar refractivity (Wildman–Crippen MR) is 137 cm³/mol. The van der Waals surface area contributed by atoms with E-state index in [0.717, 1.165) is 12.3 Å². The fourth-order valence-corrected chi connectivity index (χ4v) is 16.8. The number of allylic oxidation sites excluding steroid dienone is 4. The van der Waals surface area contributed by atoms with Crippen molar-refractivity contribution < 1.29 is 19.1 Å². The molecule has 2 aromatic carbocycles. The van der Waals surface area contributed by atoms with Gasteiger partial charge in [-0.3, -0.25) is 0 Å². The van der Waals surface area contributed by atoms with Crippen molar-refractivity contribution in [3.63, 3.8) is 0 Å². The van der Waals surface area contributed by atoms with Gasteiger partial charge in [0.05, 0.1) is 0 Å². The van der Waals surface area contributed by atoms with Gasteiger partial charge in [-0.05, 0) is 0 Å². The fourth-order valence-electron chi connectivity index (χ4n) is 8.20. The summed E-state index contributed by atoms with van der Waals surface area (Å²) in [4.78, 5) is 0. The van der Waals surface area contributed by atoms with Crippen molar-refractivity contribution in [3.8, 4) is 11.1 Å². The number of hydrogen-bond acceptors (Lipinski definition) is 0. The van der Waals surface area contributed by atoms with E-state index >= 15 is 0 Å². The molecule has 4 atom stereocenters. The Kier molecular flexibility index (Phi) is 6.08. The molecule has 6 rings (SSSR count). The number of rotatable bonds is 4. The van der Waals surface area contributed by atoms with Gasteiger partial charge >= 0.3 is 215 Å². The summed E-state index contributed by atoms with van der Waals surface area (Å²) in [6.07, 6.45) is 6.16. The van der Waals surface area contributed by atoms with Crippen molar-refractivity contribution in [2.24, 2.45) is 23.7 Å². The summed E-state index contributed by atoms with van der Waals surface area (Å²) in [6.45, 7) is 7.26. The van der Waals surface area contributed by atoms with Gasteiger partial charge in [-0.2, -0.15) is 0 Å². The molecule has 0 nitrogen and oxygen atoms in total. The van der Waals surface area contributed by atoms with E-state index in [0.29, 0.717) is 27.3 Å². The van der Waals surface area contributed by atoms with E-state index < -0.39 is 19.1 Å². The molecule has 0 radical (unpaired) electrons. The van der Waals surface area contributed by atoms with Gasteiger partial charge in [-0.25, -0.2) is 0 Å². The molecule has 0 aliphatic heterocycles. The molecule has 4 unspecified atom stereocenters. The molecule has 2 aromatic rings.